The quantitative estimate of drug-likeness (QED) is 0.703. The zero-order valence-electron chi connectivity index (χ0n) is 16.8. The van der Waals surface area contributed by atoms with Gasteiger partial charge in [-0.25, -0.2) is 9.59 Å². The van der Waals surface area contributed by atoms with Gasteiger partial charge in [0.2, 0.25) is 0 Å². The van der Waals surface area contributed by atoms with Crippen molar-refractivity contribution in [1.82, 2.24) is 4.90 Å². The van der Waals surface area contributed by atoms with Crippen molar-refractivity contribution >= 4 is 12.1 Å². The molecule has 0 bridgehead atoms. The second-order valence-corrected chi connectivity index (χ2v) is 7.82. The molecule has 1 heterocycles. The fraction of sp³-hybridized carbons (Fsp3) is 0.619. The van der Waals surface area contributed by atoms with Crippen LogP contribution in [0.1, 0.15) is 52.5 Å². The Bertz CT molecular complexity index is 611. The van der Waals surface area contributed by atoms with Gasteiger partial charge in [-0.15, -0.1) is 0 Å². The van der Waals surface area contributed by atoms with E-state index in [0.717, 1.165) is 18.4 Å². The van der Waals surface area contributed by atoms with E-state index in [0.29, 0.717) is 19.5 Å². The first-order valence-corrected chi connectivity index (χ1v) is 9.62. The highest BCUT2D eigenvalue weighted by Gasteiger charge is 2.31. The smallest absolute Gasteiger partial charge is 0.410 e. The molecule has 27 heavy (non-hydrogen) atoms. The summed E-state index contributed by atoms with van der Waals surface area (Å²) in [5.41, 5.74) is 0.403. The number of hydrogen-bond acceptors (Lipinski definition) is 5. The number of likely N-dealkylation sites (tertiary alicyclic amines) is 1. The number of nitrogens with zero attached hydrogens (tertiary/aromatic N) is 1. The molecule has 150 valence electrons. The molecule has 0 spiro atoms. The van der Waals surface area contributed by atoms with Gasteiger partial charge in [0.15, 0.2) is 6.10 Å². The SMILES string of the molecule is CCC(OC1CCCN(C(=O)OCc2ccccc2)C1)C(=O)OC(C)(C)C. The van der Waals surface area contributed by atoms with E-state index in [1.807, 2.05) is 58.0 Å². The van der Waals surface area contributed by atoms with E-state index in [1.165, 1.54) is 0 Å². The maximum absolute atomic E-state index is 12.4. The van der Waals surface area contributed by atoms with E-state index in [2.05, 4.69) is 0 Å². The van der Waals surface area contributed by atoms with Crippen LogP contribution in [-0.2, 0) is 25.6 Å². The Kier molecular flexibility index (Phi) is 7.66. The number of ether oxygens (including phenoxy) is 3. The van der Waals surface area contributed by atoms with Crippen LogP contribution in [0.3, 0.4) is 0 Å². The number of rotatable bonds is 6. The number of carbonyl (C=O) groups excluding carboxylic acids is 2. The molecule has 1 fully saturated rings. The molecule has 2 rings (SSSR count). The normalized spacial score (nSPS) is 18.7. The van der Waals surface area contributed by atoms with Crippen LogP contribution >= 0.6 is 0 Å². The van der Waals surface area contributed by atoms with Crippen molar-refractivity contribution in [2.75, 3.05) is 13.1 Å². The van der Waals surface area contributed by atoms with Crippen molar-refractivity contribution in [3.63, 3.8) is 0 Å². The van der Waals surface area contributed by atoms with Gasteiger partial charge in [0.1, 0.15) is 12.2 Å². The van der Waals surface area contributed by atoms with Gasteiger partial charge in [0.25, 0.3) is 0 Å². The molecule has 0 saturated carbocycles. The number of amides is 1. The summed E-state index contributed by atoms with van der Waals surface area (Å²) >= 11 is 0. The summed E-state index contributed by atoms with van der Waals surface area (Å²) in [6, 6.07) is 9.59. The van der Waals surface area contributed by atoms with Crippen LogP contribution in [0, 0.1) is 0 Å². The number of esters is 1. The summed E-state index contributed by atoms with van der Waals surface area (Å²) in [4.78, 5) is 26.3. The van der Waals surface area contributed by atoms with Crippen LogP contribution in [0.2, 0.25) is 0 Å². The van der Waals surface area contributed by atoms with Crippen LogP contribution in [0.15, 0.2) is 30.3 Å². The third kappa shape index (κ3) is 7.21. The Morgan fingerprint density at radius 3 is 2.56 bits per heavy atom. The fourth-order valence-corrected chi connectivity index (χ4v) is 2.94. The average Bonchev–Trinajstić information content (AvgIpc) is 2.63. The van der Waals surface area contributed by atoms with Gasteiger partial charge in [0, 0.05) is 6.54 Å². The molecule has 6 heteroatoms. The van der Waals surface area contributed by atoms with Crippen molar-refractivity contribution in [1.29, 1.82) is 0 Å². The monoisotopic (exact) mass is 377 g/mol. The number of hydrogen-bond donors (Lipinski definition) is 0. The van der Waals surface area contributed by atoms with Gasteiger partial charge < -0.3 is 19.1 Å². The van der Waals surface area contributed by atoms with E-state index in [4.69, 9.17) is 14.2 Å². The molecular weight excluding hydrogens is 346 g/mol. The highest BCUT2D eigenvalue weighted by Crippen LogP contribution is 2.19. The first-order valence-electron chi connectivity index (χ1n) is 9.62. The Morgan fingerprint density at radius 2 is 1.93 bits per heavy atom. The first kappa shape index (κ1) is 21.2. The van der Waals surface area contributed by atoms with Crippen molar-refractivity contribution in [3.05, 3.63) is 35.9 Å². The second kappa shape index (κ2) is 9.74. The molecule has 1 saturated heterocycles. The minimum Gasteiger partial charge on any atom is -0.458 e. The highest BCUT2D eigenvalue weighted by atomic mass is 16.6. The molecular formula is C21H31NO5. The van der Waals surface area contributed by atoms with Crippen LogP contribution < -0.4 is 0 Å². The van der Waals surface area contributed by atoms with Gasteiger partial charge in [0.05, 0.1) is 12.6 Å². The predicted molar refractivity (Wildman–Crippen MR) is 102 cm³/mol. The fourth-order valence-electron chi connectivity index (χ4n) is 2.94. The summed E-state index contributed by atoms with van der Waals surface area (Å²) < 4.78 is 16.8. The van der Waals surface area contributed by atoms with Crippen molar-refractivity contribution in [3.8, 4) is 0 Å². The molecule has 0 aromatic heterocycles. The van der Waals surface area contributed by atoms with Gasteiger partial charge in [-0.2, -0.15) is 0 Å². The van der Waals surface area contributed by atoms with E-state index >= 15 is 0 Å². The molecule has 2 unspecified atom stereocenters. The minimum atomic E-state index is -0.616. The Morgan fingerprint density at radius 1 is 1.22 bits per heavy atom. The maximum atomic E-state index is 12.4. The standard InChI is InChI=1S/C21H31NO5/c1-5-18(19(23)27-21(2,3)4)26-17-12-9-13-22(14-17)20(24)25-15-16-10-7-6-8-11-16/h6-8,10-11,17-18H,5,9,12-15H2,1-4H3. The number of benzene rings is 1. The molecule has 2 atom stereocenters. The maximum Gasteiger partial charge on any atom is 0.410 e. The summed E-state index contributed by atoms with van der Waals surface area (Å²) in [5.74, 6) is -0.353. The number of carbonyl (C=O) groups is 2. The second-order valence-electron chi connectivity index (χ2n) is 7.82. The minimum absolute atomic E-state index is 0.194. The van der Waals surface area contributed by atoms with Crippen molar-refractivity contribution in [2.45, 2.75) is 71.4 Å². The lowest BCUT2D eigenvalue weighted by atomic mass is 10.1. The average molecular weight is 377 g/mol. The van der Waals surface area contributed by atoms with Gasteiger partial charge >= 0.3 is 12.1 Å². The molecule has 1 amide bonds. The Hall–Kier alpha value is -2.08. The van der Waals surface area contributed by atoms with Gasteiger partial charge in [-0.05, 0) is 45.6 Å². The molecule has 1 aromatic rings. The molecule has 0 aliphatic carbocycles. The molecule has 0 N–H and O–H groups in total. The molecule has 1 aliphatic heterocycles. The van der Waals surface area contributed by atoms with E-state index < -0.39 is 11.7 Å². The van der Waals surface area contributed by atoms with Gasteiger partial charge in [-0.1, -0.05) is 37.3 Å². The molecule has 0 radical (unpaired) electrons. The molecule has 1 aromatic carbocycles. The summed E-state index contributed by atoms with van der Waals surface area (Å²) in [6.45, 7) is 8.71. The number of piperidine rings is 1. The predicted octanol–water partition coefficient (Wildman–Crippen LogP) is 3.92. The summed E-state index contributed by atoms with van der Waals surface area (Å²) in [6.07, 6.45) is 0.995. The van der Waals surface area contributed by atoms with E-state index in [9.17, 15) is 9.59 Å². The third-order valence-corrected chi connectivity index (χ3v) is 4.24. The lowest BCUT2D eigenvalue weighted by Crippen LogP contribution is -2.46. The highest BCUT2D eigenvalue weighted by molar-refractivity contribution is 5.75. The topological polar surface area (TPSA) is 65.1 Å². The lowest BCUT2D eigenvalue weighted by Gasteiger charge is -2.34. The Balaban J connectivity index is 1.85. The lowest BCUT2D eigenvalue weighted by molar-refractivity contribution is -0.174. The van der Waals surface area contributed by atoms with Crippen LogP contribution in [0.5, 0.6) is 0 Å². The zero-order valence-corrected chi connectivity index (χ0v) is 16.8. The van der Waals surface area contributed by atoms with Crippen LogP contribution in [0.4, 0.5) is 4.79 Å². The summed E-state index contributed by atoms with van der Waals surface area (Å²) in [7, 11) is 0. The van der Waals surface area contributed by atoms with Crippen molar-refractivity contribution in [2.24, 2.45) is 0 Å². The molecule has 1 aliphatic rings. The van der Waals surface area contributed by atoms with Crippen molar-refractivity contribution < 1.29 is 23.8 Å². The zero-order chi connectivity index (χ0) is 19.9. The Labute approximate surface area is 161 Å². The largest absolute Gasteiger partial charge is 0.458 e. The van der Waals surface area contributed by atoms with E-state index in [-0.39, 0.29) is 24.8 Å². The van der Waals surface area contributed by atoms with Gasteiger partial charge in [-0.3, -0.25) is 0 Å². The first-order chi connectivity index (χ1) is 12.8. The van der Waals surface area contributed by atoms with Crippen LogP contribution in [-0.4, -0.2) is 47.9 Å². The van der Waals surface area contributed by atoms with Crippen LogP contribution in [0.25, 0.3) is 0 Å². The summed E-state index contributed by atoms with van der Waals surface area (Å²) in [5, 5.41) is 0. The van der Waals surface area contributed by atoms with E-state index in [1.54, 1.807) is 4.90 Å². The molecule has 6 nitrogen and oxygen atoms in total. The third-order valence-electron chi connectivity index (χ3n) is 4.24.